The molecule has 0 amide bonds. The minimum atomic E-state index is -0.105. The number of aliphatic hydroxyl groups excluding tert-OH is 1. The second-order valence-electron chi connectivity index (χ2n) is 8.22. The molecule has 1 saturated heterocycles. The van der Waals surface area contributed by atoms with E-state index in [0.717, 1.165) is 38.5 Å². The van der Waals surface area contributed by atoms with Gasteiger partial charge in [0.25, 0.3) is 0 Å². The predicted molar refractivity (Wildman–Crippen MR) is 111 cm³/mol. The maximum Gasteiger partial charge on any atom is 0.191 e. The second kappa shape index (κ2) is 10.1. The summed E-state index contributed by atoms with van der Waals surface area (Å²) in [6, 6.07) is 10.7. The Morgan fingerprint density at radius 3 is 2.63 bits per heavy atom. The number of rotatable bonds is 9. The van der Waals surface area contributed by atoms with E-state index in [1.165, 1.54) is 5.56 Å². The van der Waals surface area contributed by atoms with Crippen molar-refractivity contribution in [1.82, 2.24) is 16.0 Å². The van der Waals surface area contributed by atoms with E-state index >= 15 is 0 Å². The fraction of sp³-hybridized carbons (Fsp3) is 0.667. The number of nitrogens with one attached hydrogen (secondary N) is 3. The SMILES string of the molecule is CN=C(NCC1(CCO)CCOC1)NCC(C)(C)NC(C)c1ccccc1. The van der Waals surface area contributed by atoms with Crippen LogP contribution in [-0.2, 0) is 4.74 Å². The quantitative estimate of drug-likeness (QED) is 0.392. The third-order valence-electron chi connectivity index (χ3n) is 5.29. The second-order valence-corrected chi connectivity index (χ2v) is 8.22. The molecular formula is C21H36N4O2. The molecule has 2 rings (SSSR count). The van der Waals surface area contributed by atoms with Gasteiger partial charge in [-0.15, -0.1) is 0 Å². The molecule has 6 heteroatoms. The maximum absolute atomic E-state index is 9.36. The highest BCUT2D eigenvalue weighted by Crippen LogP contribution is 2.31. The fourth-order valence-electron chi connectivity index (χ4n) is 3.57. The Bertz CT molecular complexity index is 583. The molecule has 1 fully saturated rings. The van der Waals surface area contributed by atoms with E-state index < -0.39 is 0 Å². The zero-order valence-corrected chi connectivity index (χ0v) is 17.2. The number of hydrogen-bond donors (Lipinski definition) is 4. The monoisotopic (exact) mass is 376 g/mol. The van der Waals surface area contributed by atoms with E-state index in [-0.39, 0.29) is 23.6 Å². The van der Waals surface area contributed by atoms with Gasteiger partial charge in [0, 0.05) is 50.3 Å². The van der Waals surface area contributed by atoms with Gasteiger partial charge in [0.1, 0.15) is 0 Å². The summed E-state index contributed by atoms with van der Waals surface area (Å²) < 4.78 is 5.56. The molecule has 2 atom stereocenters. The van der Waals surface area contributed by atoms with Gasteiger partial charge in [0.2, 0.25) is 0 Å². The minimum absolute atomic E-state index is 0.00195. The van der Waals surface area contributed by atoms with Crippen LogP contribution >= 0.6 is 0 Å². The largest absolute Gasteiger partial charge is 0.396 e. The van der Waals surface area contributed by atoms with Crippen molar-refractivity contribution in [3.05, 3.63) is 35.9 Å². The van der Waals surface area contributed by atoms with E-state index in [4.69, 9.17) is 4.74 Å². The highest BCUT2D eigenvalue weighted by molar-refractivity contribution is 5.79. The van der Waals surface area contributed by atoms with Gasteiger partial charge in [-0.25, -0.2) is 0 Å². The van der Waals surface area contributed by atoms with Crippen LogP contribution in [0.15, 0.2) is 35.3 Å². The van der Waals surface area contributed by atoms with Gasteiger partial charge in [-0.2, -0.15) is 0 Å². The van der Waals surface area contributed by atoms with Crippen LogP contribution in [0.4, 0.5) is 0 Å². The third-order valence-corrected chi connectivity index (χ3v) is 5.29. The summed E-state index contributed by atoms with van der Waals surface area (Å²) >= 11 is 0. The molecule has 0 aliphatic carbocycles. The number of nitrogens with zero attached hydrogens (tertiary/aromatic N) is 1. The zero-order chi connectivity index (χ0) is 19.8. The lowest BCUT2D eigenvalue weighted by Crippen LogP contribution is -2.53. The molecule has 6 nitrogen and oxygen atoms in total. The molecule has 152 valence electrons. The fourth-order valence-corrected chi connectivity index (χ4v) is 3.57. The van der Waals surface area contributed by atoms with Crippen molar-refractivity contribution in [2.45, 2.75) is 45.2 Å². The van der Waals surface area contributed by atoms with E-state index in [1.807, 2.05) is 6.07 Å². The van der Waals surface area contributed by atoms with Gasteiger partial charge in [0.15, 0.2) is 5.96 Å². The first-order valence-electron chi connectivity index (χ1n) is 9.85. The predicted octanol–water partition coefficient (Wildman–Crippen LogP) is 2.07. The summed E-state index contributed by atoms with van der Waals surface area (Å²) in [5, 5.41) is 19.9. The van der Waals surface area contributed by atoms with E-state index in [2.05, 4.69) is 66.0 Å². The van der Waals surface area contributed by atoms with Crippen LogP contribution in [0, 0.1) is 5.41 Å². The maximum atomic E-state index is 9.36. The Balaban J connectivity index is 1.83. The zero-order valence-electron chi connectivity index (χ0n) is 17.2. The van der Waals surface area contributed by atoms with Crippen LogP contribution in [0.3, 0.4) is 0 Å². The highest BCUT2D eigenvalue weighted by atomic mass is 16.5. The molecule has 0 saturated carbocycles. The lowest BCUT2D eigenvalue weighted by molar-refractivity contribution is 0.127. The molecule has 1 aromatic rings. The van der Waals surface area contributed by atoms with Crippen LogP contribution in [0.25, 0.3) is 0 Å². The summed E-state index contributed by atoms with van der Waals surface area (Å²) in [7, 11) is 1.78. The van der Waals surface area contributed by atoms with Gasteiger partial charge in [-0.3, -0.25) is 4.99 Å². The first-order valence-corrected chi connectivity index (χ1v) is 9.85. The van der Waals surface area contributed by atoms with Gasteiger partial charge in [0.05, 0.1) is 6.61 Å². The summed E-state index contributed by atoms with van der Waals surface area (Å²) in [4.78, 5) is 4.34. The Kier molecular flexibility index (Phi) is 8.07. The summed E-state index contributed by atoms with van der Waals surface area (Å²) in [6.07, 6.45) is 1.72. The highest BCUT2D eigenvalue weighted by Gasteiger charge is 2.34. The van der Waals surface area contributed by atoms with Crippen LogP contribution in [-0.4, -0.2) is 56.6 Å². The van der Waals surface area contributed by atoms with Crippen molar-refractivity contribution in [3.63, 3.8) is 0 Å². The molecule has 0 aromatic heterocycles. The van der Waals surface area contributed by atoms with E-state index in [0.29, 0.717) is 6.61 Å². The molecule has 27 heavy (non-hydrogen) atoms. The van der Waals surface area contributed by atoms with Gasteiger partial charge < -0.3 is 25.8 Å². The smallest absolute Gasteiger partial charge is 0.191 e. The minimum Gasteiger partial charge on any atom is -0.396 e. The standard InChI is InChI=1S/C21H36N4O2/c1-17(18-8-6-5-7-9-18)25-20(2,3)14-23-19(22-4)24-15-21(10-12-26)11-13-27-16-21/h5-9,17,25-26H,10-16H2,1-4H3,(H2,22,23,24). The normalized spacial score (nSPS) is 21.9. The lowest BCUT2D eigenvalue weighted by Gasteiger charge is -2.32. The molecule has 0 radical (unpaired) electrons. The van der Waals surface area contributed by atoms with Crippen LogP contribution in [0.5, 0.6) is 0 Å². The first-order chi connectivity index (χ1) is 12.9. The Morgan fingerprint density at radius 2 is 2.04 bits per heavy atom. The molecule has 1 heterocycles. The lowest BCUT2D eigenvalue weighted by atomic mass is 9.84. The Labute approximate surface area is 163 Å². The van der Waals surface area contributed by atoms with Crippen molar-refractivity contribution in [3.8, 4) is 0 Å². The van der Waals surface area contributed by atoms with Crippen molar-refractivity contribution in [2.75, 3.05) is 40.0 Å². The average molecular weight is 377 g/mol. The van der Waals surface area contributed by atoms with Crippen molar-refractivity contribution < 1.29 is 9.84 Å². The van der Waals surface area contributed by atoms with Crippen LogP contribution in [0.1, 0.15) is 45.2 Å². The number of aliphatic imine (C=N–C) groups is 1. The van der Waals surface area contributed by atoms with Gasteiger partial charge in [-0.1, -0.05) is 30.3 Å². The molecular weight excluding hydrogens is 340 g/mol. The molecule has 0 bridgehead atoms. The number of hydrogen-bond acceptors (Lipinski definition) is 4. The molecule has 4 N–H and O–H groups in total. The third kappa shape index (κ3) is 6.79. The number of guanidine groups is 1. The summed E-state index contributed by atoms with van der Waals surface area (Å²) in [5.41, 5.74) is 1.17. The molecule has 1 aliphatic rings. The number of benzene rings is 1. The van der Waals surface area contributed by atoms with Crippen molar-refractivity contribution in [2.24, 2.45) is 10.4 Å². The average Bonchev–Trinajstić information content (AvgIpc) is 3.11. The van der Waals surface area contributed by atoms with Crippen molar-refractivity contribution in [1.29, 1.82) is 0 Å². The Morgan fingerprint density at radius 1 is 1.30 bits per heavy atom. The molecule has 0 spiro atoms. The summed E-state index contributed by atoms with van der Waals surface area (Å²) in [6.45, 7) is 9.69. The number of aliphatic hydroxyl groups is 1. The number of ether oxygens (including phenoxy) is 1. The van der Waals surface area contributed by atoms with Crippen molar-refractivity contribution >= 4 is 5.96 Å². The first kappa shape index (κ1) is 21.7. The molecule has 1 aliphatic heterocycles. The van der Waals surface area contributed by atoms with Crippen LogP contribution in [0.2, 0.25) is 0 Å². The van der Waals surface area contributed by atoms with Gasteiger partial charge >= 0.3 is 0 Å². The molecule has 2 unspecified atom stereocenters. The Hall–Kier alpha value is -1.63. The van der Waals surface area contributed by atoms with E-state index in [1.54, 1.807) is 7.05 Å². The topological polar surface area (TPSA) is 77.9 Å². The van der Waals surface area contributed by atoms with E-state index in [9.17, 15) is 5.11 Å². The van der Waals surface area contributed by atoms with Gasteiger partial charge in [-0.05, 0) is 39.2 Å². The summed E-state index contributed by atoms with van der Waals surface area (Å²) in [5.74, 6) is 0.779. The van der Waals surface area contributed by atoms with Crippen LogP contribution < -0.4 is 16.0 Å². The molecule has 1 aromatic carbocycles.